The molecule has 0 aliphatic heterocycles. The number of nitrogen functional groups attached to an aromatic ring is 1. The summed E-state index contributed by atoms with van der Waals surface area (Å²) >= 11 is 1.26. The van der Waals surface area contributed by atoms with Crippen LogP contribution in [0.25, 0.3) is 0 Å². The molecular weight excluding hydrogens is 262 g/mol. The summed E-state index contributed by atoms with van der Waals surface area (Å²) in [6.07, 6.45) is 3.34. The largest absolute Gasteiger partial charge is 0.368 e. The molecule has 0 saturated carbocycles. The maximum Gasteiger partial charge on any atom is 0.231 e. The summed E-state index contributed by atoms with van der Waals surface area (Å²) < 4.78 is 0. The highest BCUT2D eigenvalue weighted by molar-refractivity contribution is 7.99. The number of nitrogens with zero attached hydrogens (tertiary/aromatic N) is 6. The Morgan fingerprint density at radius 2 is 1.74 bits per heavy atom. The topological polar surface area (TPSA) is 93.7 Å². The van der Waals surface area contributed by atoms with Crippen molar-refractivity contribution in [3.63, 3.8) is 0 Å². The van der Waals surface area contributed by atoms with Gasteiger partial charge in [0.2, 0.25) is 17.1 Å². The smallest absolute Gasteiger partial charge is 0.231 e. The average Bonchev–Trinajstić information content (AvgIpc) is 2.40. The summed E-state index contributed by atoms with van der Waals surface area (Å²) in [6.45, 7) is 5.70. The third-order valence-corrected chi connectivity index (χ3v) is 3.15. The number of nitrogens with two attached hydrogens (primary N) is 1. The van der Waals surface area contributed by atoms with E-state index in [4.69, 9.17) is 5.73 Å². The van der Waals surface area contributed by atoms with Gasteiger partial charge in [-0.1, -0.05) is 0 Å². The van der Waals surface area contributed by atoms with Crippen LogP contribution in [0.15, 0.2) is 28.8 Å². The van der Waals surface area contributed by atoms with Gasteiger partial charge in [-0.2, -0.15) is 15.0 Å². The van der Waals surface area contributed by atoms with Gasteiger partial charge in [0.1, 0.15) is 0 Å². The van der Waals surface area contributed by atoms with Crippen molar-refractivity contribution in [2.45, 2.75) is 24.2 Å². The fourth-order valence-electron chi connectivity index (χ4n) is 1.47. The molecule has 19 heavy (non-hydrogen) atoms. The average molecular weight is 277 g/mol. The molecule has 0 aliphatic rings. The first-order valence-electron chi connectivity index (χ1n) is 5.94. The lowest BCUT2D eigenvalue weighted by atomic mass is 10.5. The van der Waals surface area contributed by atoms with Gasteiger partial charge in [0.15, 0.2) is 5.16 Å². The van der Waals surface area contributed by atoms with Crippen molar-refractivity contribution >= 4 is 23.7 Å². The molecule has 0 radical (unpaired) electrons. The molecule has 0 spiro atoms. The van der Waals surface area contributed by atoms with Crippen LogP contribution in [0.5, 0.6) is 0 Å². The second kappa shape index (κ2) is 6.28. The highest BCUT2D eigenvalue weighted by atomic mass is 32.2. The maximum atomic E-state index is 5.72. The third-order valence-electron chi connectivity index (χ3n) is 2.39. The van der Waals surface area contributed by atoms with Crippen LogP contribution < -0.4 is 10.6 Å². The molecule has 0 unspecified atom stereocenters. The number of hydrogen-bond acceptors (Lipinski definition) is 8. The summed E-state index contributed by atoms with van der Waals surface area (Å²) in [5.74, 6) is 0.784. The second-order valence-electron chi connectivity index (χ2n) is 3.58. The van der Waals surface area contributed by atoms with Gasteiger partial charge >= 0.3 is 0 Å². The molecule has 0 fully saturated rings. The highest BCUT2D eigenvalue weighted by Gasteiger charge is 2.11. The van der Waals surface area contributed by atoms with Crippen molar-refractivity contribution in [2.24, 2.45) is 0 Å². The summed E-state index contributed by atoms with van der Waals surface area (Å²) in [5.41, 5.74) is 5.72. The van der Waals surface area contributed by atoms with Gasteiger partial charge in [-0.05, 0) is 31.7 Å². The molecule has 2 aromatic rings. The van der Waals surface area contributed by atoms with Crippen molar-refractivity contribution in [3.05, 3.63) is 18.5 Å². The Balaban J connectivity index is 2.26. The monoisotopic (exact) mass is 277 g/mol. The molecule has 0 aliphatic carbocycles. The zero-order chi connectivity index (χ0) is 13.7. The van der Waals surface area contributed by atoms with E-state index < -0.39 is 0 Å². The predicted molar refractivity (Wildman–Crippen MR) is 74.0 cm³/mol. The minimum absolute atomic E-state index is 0.204. The Morgan fingerprint density at radius 1 is 1.05 bits per heavy atom. The number of aromatic nitrogens is 5. The van der Waals surface area contributed by atoms with Gasteiger partial charge in [-0.15, -0.1) is 0 Å². The van der Waals surface area contributed by atoms with Crippen molar-refractivity contribution in [3.8, 4) is 0 Å². The first-order chi connectivity index (χ1) is 9.22. The van der Waals surface area contributed by atoms with Gasteiger partial charge in [-0.3, -0.25) is 0 Å². The molecule has 0 saturated heterocycles. The van der Waals surface area contributed by atoms with Crippen LogP contribution in [0.3, 0.4) is 0 Å². The quantitative estimate of drug-likeness (QED) is 0.816. The SMILES string of the molecule is CCN(CC)c1nc(N)nc(Sc2ncccn2)n1. The second-order valence-corrected chi connectivity index (χ2v) is 4.52. The lowest BCUT2D eigenvalue weighted by Crippen LogP contribution is -2.25. The van der Waals surface area contributed by atoms with E-state index in [0.717, 1.165) is 13.1 Å². The van der Waals surface area contributed by atoms with Crippen molar-refractivity contribution in [1.29, 1.82) is 0 Å². The van der Waals surface area contributed by atoms with Crippen LogP contribution in [-0.2, 0) is 0 Å². The molecule has 0 bridgehead atoms. The predicted octanol–water partition coefficient (Wildman–Crippen LogP) is 1.24. The molecule has 2 rings (SSSR count). The molecule has 2 aromatic heterocycles. The maximum absolute atomic E-state index is 5.72. The van der Waals surface area contributed by atoms with Crippen LogP contribution in [0, 0.1) is 0 Å². The summed E-state index contributed by atoms with van der Waals surface area (Å²) in [4.78, 5) is 22.9. The normalized spacial score (nSPS) is 10.4. The van der Waals surface area contributed by atoms with E-state index in [1.54, 1.807) is 18.5 Å². The van der Waals surface area contributed by atoms with E-state index in [1.807, 2.05) is 18.7 Å². The van der Waals surface area contributed by atoms with Crippen LogP contribution in [-0.4, -0.2) is 38.0 Å². The van der Waals surface area contributed by atoms with E-state index in [2.05, 4.69) is 24.9 Å². The Hall–Kier alpha value is -1.96. The van der Waals surface area contributed by atoms with Crippen LogP contribution in [0.2, 0.25) is 0 Å². The van der Waals surface area contributed by atoms with Crippen molar-refractivity contribution in [2.75, 3.05) is 23.7 Å². The summed E-state index contributed by atoms with van der Waals surface area (Å²) in [5, 5.41) is 1.08. The minimum Gasteiger partial charge on any atom is -0.368 e. The molecule has 7 nitrogen and oxygen atoms in total. The number of hydrogen-bond donors (Lipinski definition) is 1. The first-order valence-corrected chi connectivity index (χ1v) is 6.76. The zero-order valence-electron chi connectivity index (χ0n) is 10.8. The zero-order valence-corrected chi connectivity index (χ0v) is 11.6. The van der Waals surface area contributed by atoms with Crippen molar-refractivity contribution < 1.29 is 0 Å². The first kappa shape index (κ1) is 13.5. The van der Waals surface area contributed by atoms with Gasteiger partial charge in [-0.25, -0.2) is 9.97 Å². The third kappa shape index (κ3) is 3.50. The van der Waals surface area contributed by atoms with Gasteiger partial charge in [0, 0.05) is 25.5 Å². The Bertz CT molecular complexity index is 530. The van der Waals surface area contributed by atoms with Crippen LogP contribution >= 0.6 is 11.8 Å². The Labute approximate surface area is 115 Å². The molecule has 0 atom stereocenters. The lowest BCUT2D eigenvalue weighted by molar-refractivity contribution is 0.785. The van der Waals surface area contributed by atoms with Gasteiger partial charge in [0.05, 0.1) is 0 Å². The molecule has 8 heteroatoms. The molecule has 100 valence electrons. The molecule has 2 N–H and O–H groups in total. The molecule has 0 aromatic carbocycles. The standard InChI is InChI=1S/C11H15N7S/c1-3-18(4-2)9-15-8(12)16-11(17-9)19-10-13-6-5-7-14-10/h5-7H,3-4H2,1-2H3,(H2,12,15,16,17). The summed E-state index contributed by atoms with van der Waals surface area (Å²) in [6, 6.07) is 1.76. The summed E-state index contributed by atoms with van der Waals surface area (Å²) in [7, 11) is 0. The Morgan fingerprint density at radius 3 is 2.37 bits per heavy atom. The van der Waals surface area contributed by atoms with E-state index in [9.17, 15) is 0 Å². The fraction of sp³-hybridized carbons (Fsp3) is 0.364. The van der Waals surface area contributed by atoms with E-state index in [-0.39, 0.29) is 5.95 Å². The fourth-order valence-corrected chi connectivity index (χ4v) is 2.13. The molecular formula is C11H15N7S. The number of anilines is 2. The molecule has 0 amide bonds. The highest BCUT2D eigenvalue weighted by Crippen LogP contribution is 2.22. The Kier molecular flexibility index (Phi) is 4.45. The van der Waals surface area contributed by atoms with E-state index >= 15 is 0 Å². The van der Waals surface area contributed by atoms with Crippen LogP contribution in [0.1, 0.15) is 13.8 Å². The van der Waals surface area contributed by atoms with E-state index in [1.165, 1.54) is 11.8 Å². The van der Waals surface area contributed by atoms with Crippen LogP contribution in [0.4, 0.5) is 11.9 Å². The molecule has 2 heterocycles. The van der Waals surface area contributed by atoms with Gasteiger partial charge < -0.3 is 10.6 Å². The van der Waals surface area contributed by atoms with Gasteiger partial charge in [0.25, 0.3) is 0 Å². The number of rotatable bonds is 5. The van der Waals surface area contributed by atoms with E-state index in [0.29, 0.717) is 16.3 Å². The lowest BCUT2D eigenvalue weighted by Gasteiger charge is -2.18. The minimum atomic E-state index is 0.204. The van der Waals surface area contributed by atoms with Crippen molar-refractivity contribution in [1.82, 2.24) is 24.9 Å².